The third-order valence-corrected chi connectivity index (χ3v) is 3.49. The molecule has 0 amide bonds. The van der Waals surface area contributed by atoms with Gasteiger partial charge in [0, 0.05) is 6.61 Å². The Bertz CT molecular complexity index is 149. The number of likely N-dealkylation sites (tertiary alicyclic amines) is 1. The Balaban J connectivity index is 2.00. The van der Waals surface area contributed by atoms with Gasteiger partial charge in [0.2, 0.25) is 0 Å². The molecule has 0 radical (unpaired) electrons. The normalized spacial score (nSPS) is 24.0. The number of unbranched alkanes of at least 4 members (excludes halogenated alkanes) is 3. The second-order valence-electron chi connectivity index (χ2n) is 5.02. The molecule has 1 N–H and O–H groups in total. The molecule has 0 spiro atoms. The van der Waals surface area contributed by atoms with Crippen LogP contribution in [0.1, 0.15) is 51.9 Å². The highest BCUT2D eigenvalue weighted by Crippen LogP contribution is 2.16. The van der Waals surface area contributed by atoms with E-state index >= 15 is 0 Å². The molecule has 0 aromatic rings. The van der Waals surface area contributed by atoms with E-state index in [-0.39, 0.29) is 0 Å². The molecule has 1 aliphatic heterocycles. The fourth-order valence-electron chi connectivity index (χ4n) is 2.35. The van der Waals surface area contributed by atoms with Crippen molar-refractivity contribution in [3.8, 4) is 0 Å². The van der Waals surface area contributed by atoms with Crippen LogP contribution in [0.5, 0.6) is 0 Å². The van der Waals surface area contributed by atoms with E-state index in [2.05, 4.69) is 11.8 Å². The number of hydrogen-bond donors (Lipinski definition) is 1. The molecule has 0 bridgehead atoms. The van der Waals surface area contributed by atoms with Crippen molar-refractivity contribution in [2.24, 2.45) is 5.92 Å². The van der Waals surface area contributed by atoms with Crippen LogP contribution in [0.4, 0.5) is 0 Å². The Morgan fingerprint density at radius 1 is 1.07 bits per heavy atom. The van der Waals surface area contributed by atoms with Gasteiger partial charge in [0.1, 0.15) is 0 Å². The Morgan fingerprint density at radius 3 is 2.67 bits per heavy atom. The largest absolute Gasteiger partial charge is 0.396 e. The van der Waals surface area contributed by atoms with Crippen LogP contribution < -0.4 is 0 Å². The van der Waals surface area contributed by atoms with Crippen molar-refractivity contribution in [2.75, 3.05) is 26.2 Å². The van der Waals surface area contributed by atoms with Crippen LogP contribution in [0, 0.1) is 5.92 Å². The van der Waals surface area contributed by atoms with Gasteiger partial charge in [0.25, 0.3) is 0 Å². The van der Waals surface area contributed by atoms with Crippen molar-refractivity contribution in [2.45, 2.75) is 51.9 Å². The predicted octanol–water partition coefficient (Wildman–Crippen LogP) is 2.66. The molecule has 2 heteroatoms. The summed E-state index contributed by atoms with van der Waals surface area (Å²) in [6, 6.07) is 0. The van der Waals surface area contributed by atoms with Gasteiger partial charge in [-0.3, -0.25) is 0 Å². The summed E-state index contributed by atoms with van der Waals surface area (Å²) >= 11 is 0. The predicted molar refractivity (Wildman–Crippen MR) is 65.0 cm³/mol. The van der Waals surface area contributed by atoms with Crippen LogP contribution in [-0.2, 0) is 0 Å². The second kappa shape index (κ2) is 8.12. The third-order valence-electron chi connectivity index (χ3n) is 3.49. The van der Waals surface area contributed by atoms with Crippen LogP contribution in [0.15, 0.2) is 0 Å². The molecular formula is C13H27NO. The van der Waals surface area contributed by atoms with Gasteiger partial charge in [-0.05, 0) is 57.7 Å². The summed E-state index contributed by atoms with van der Waals surface area (Å²) in [5.41, 5.74) is 0. The lowest BCUT2D eigenvalue weighted by molar-refractivity contribution is 0.264. The van der Waals surface area contributed by atoms with Crippen molar-refractivity contribution < 1.29 is 5.11 Å². The Hall–Kier alpha value is -0.0800. The summed E-state index contributed by atoms with van der Waals surface area (Å²) in [7, 11) is 0. The van der Waals surface area contributed by atoms with Crippen molar-refractivity contribution in [3.63, 3.8) is 0 Å². The molecule has 1 unspecified atom stereocenters. The van der Waals surface area contributed by atoms with E-state index in [1.807, 2.05) is 0 Å². The maximum absolute atomic E-state index is 8.67. The van der Waals surface area contributed by atoms with Gasteiger partial charge in [0.05, 0.1) is 0 Å². The van der Waals surface area contributed by atoms with Crippen molar-refractivity contribution in [3.05, 3.63) is 0 Å². The molecule has 1 atom stereocenters. The van der Waals surface area contributed by atoms with Gasteiger partial charge in [-0.25, -0.2) is 0 Å². The molecule has 0 aliphatic carbocycles. The highest BCUT2D eigenvalue weighted by atomic mass is 16.2. The van der Waals surface area contributed by atoms with Crippen molar-refractivity contribution in [1.29, 1.82) is 0 Å². The van der Waals surface area contributed by atoms with Gasteiger partial charge in [0.15, 0.2) is 0 Å². The Kier molecular flexibility index (Phi) is 7.03. The standard InChI is InChI=1S/C13H27NO/c1-13-7-6-10-14(11-8-13)9-4-2-3-5-12-15/h13,15H,2-12H2,1H3. The van der Waals surface area contributed by atoms with Crippen molar-refractivity contribution in [1.82, 2.24) is 4.90 Å². The van der Waals surface area contributed by atoms with Gasteiger partial charge < -0.3 is 10.0 Å². The zero-order valence-corrected chi connectivity index (χ0v) is 10.2. The quantitative estimate of drug-likeness (QED) is 0.686. The van der Waals surface area contributed by atoms with Crippen LogP contribution in [0.25, 0.3) is 0 Å². The summed E-state index contributed by atoms with van der Waals surface area (Å²) in [4.78, 5) is 2.63. The number of rotatable bonds is 6. The topological polar surface area (TPSA) is 23.5 Å². The maximum Gasteiger partial charge on any atom is 0.0431 e. The minimum absolute atomic E-state index is 0.362. The summed E-state index contributed by atoms with van der Waals surface area (Å²) in [6.07, 6.45) is 8.97. The average Bonchev–Trinajstić information content (AvgIpc) is 2.43. The summed E-state index contributed by atoms with van der Waals surface area (Å²) in [6.45, 7) is 6.63. The molecule has 2 nitrogen and oxygen atoms in total. The van der Waals surface area contributed by atoms with Crippen LogP contribution in [0.2, 0.25) is 0 Å². The Labute approximate surface area is 94.7 Å². The lowest BCUT2D eigenvalue weighted by Crippen LogP contribution is -2.25. The lowest BCUT2D eigenvalue weighted by atomic mass is 10.0. The monoisotopic (exact) mass is 213 g/mol. The highest BCUT2D eigenvalue weighted by molar-refractivity contribution is 4.67. The second-order valence-corrected chi connectivity index (χ2v) is 5.02. The number of aliphatic hydroxyl groups is 1. The van der Waals surface area contributed by atoms with Gasteiger partial charge in [-0.15, -0.1) is 0 Å². The number of nitrogens with zero attached hydrogens (tertiary/aromatic N) is 1. The van der Waals surface area contributed by atoms with Crippen LogP contribution in [0.3, 0.4) is 0 Å². The molecular weight excluding hydrogens is 186 g/mol. The smallest absolute Gasteiger partial charge is 0.0431 e. The fraction of sp³-hybridized carbons (Fsp3) is 1.00. The fourth-order valence-corrected chi connectivity index (χ4v) is 2.35. The molecule has 0 aromatic carbocycles. The van der Waals surface area contributed by atoms with Gasteiger partial charge in [-0.1, -0.05) is 19.8 Å². The molecule has 1 aliphatic rings. The van der Waals surface area contributed by atoms with Gasteiger partial charge >= 0.3 is 0 Å². The van der Waals surface area contributed by atoms with E-state index in [4.69, 9.17) is 5.11 Å². The number of hydrogen-bond acceptors (Lipinski definition) is 2. The molecule has 15 heavy (non-hydrogen) atoms. The van der Waals surface area contributed by atoms with Crippen LogP contribution in [-0.4, -0.2) is 36.2 Å². The molecule has 1 rings (SSSR count). The molecule has 0 saturated carbocycles. The SMILES string of the molecule is CC1CCCN(CCCCCCO)CC1. The first-order valence-electron chi connectivity index (χ1n) is 6.66. The first kappa shape index (κ1) is 13.0. The summed E-state index contributed by atoms with van der Waals surface area (Å²) in [5, 5.41) is 8.67. The zero-order valence-electron chi connectivity index (χ0n) is 10.2. The minimum Gasteiger partial charge on any atom is -0.396 e. The minimum atomic E-state index is 0.362. The van der Waals surface area contributed by atoms with E-state index in [1.54, 1.807) is 0 Å². The van der Waals surface area contributed by atoms with E-state index in [0.717, 1.165) is 12.3 Å². The Morgan fingerprint density at radius 2 is 1.87 bits per heavy atom. The van der Waals surface area contributed by atoms with Crippen LogP contribution >= 0.6 is 0 Å². The first-order valence-corrected chi connectivity index (χ1v) is 6.66. The molecule has 90 valence electrons. The van der Waals surface area contributed by atoms with Gasteiger partial charge in [-0.2, -0.15) is 0 Å². The number of aliphatic hydroxyl groups excluding tert-OH is 1. The summed E-state index contributed by atoms with van der Waals surface area (Å²) in [5.74, 6) is 0.935. The molecule has 1 fully saturated rings. The van der Waals surface area contributed by atoms with E-state index < -0.39 is 0 Å². The summed E-state index contributed by atoms with van der Waals surface area (Å²) < 4.78 is 0. The molecule has 1 heterocycles. The highest BCUT2D eigenvalue weighted by Gasteiger charge is 2.12. The molecule has 1 saturated heterocycles. The van der Waals surface area contributed by atoms with E-state index in [0.29, 0.717) is 6.61 Å². The van der Waals surface area contributed by atoms with Crippen molar-refractivity contribution >= 4 is 0 Å². The van der Waals surface area contributed by atoms with E-state index in [1.165, 1.54) is 58.2 Å². The van der Waals surface area contributed by atoms with E-state index in [9.17, 15) is 0 Å². The third kappa shape index (κ3) is 6.16. The zero-order chi connectivity index (χ0) is 10.9. The maximum atomic E-state index is 8.67. The molecule has 0 aromatic heterocycles. The average molecular weight is 213 g/mol. The lowest BCUT2D eigenvalue weighted by Gasteiger charge is -2.19. The first-order chi connectivity index (χ1) is 7.33.